The van der Waals surface area contributed by atoms with Crippen molar-refractivity contribution in [3.8, 4) is 28.7 Å². The average Bonchev–Trinajstić information content (AvgIpc) is 3.64. The van der Waals surface area contributed by atoms with E-state index in [2.05, 4.69) is 179 Å². The summed E-state index contributed by atoms with van der Waals surface area (Å²) in [6, 6.07) is 48.2. The highest BCUT2D eigenvalue weighted by atomic mass is 32.2. The van der Waals surface area contributed by atoms with Crippen LogP contribution in [0.25, 0.3) is 27.5 Å². The van der Waals surface area contributed by atoms with Gasteiger partial charge in [-0.1, -0.05) is 66.7 Å². The Hall–Kier alpha value is -6.55. The molecule has 0 fully saturated rings. The van der Waals surface area contributed by atoms with Crippen LogP contribution >= 0.6 is 23.9 Å². The molecule has 11 heteroatoms. The van der Waals surface area contributed by atoms with Crippen molar-refractivity contribution in [2.75, 3.05) is 26.4 Å². The molecular weight excluding hydrogens is 821 g/mol. The molecule has 0 radical (unpaired) electrons. The summed E-state index contributed by atoms with van der Waals surface area (Å²) < 4.78 is 21.3. The number of hydrogen-bond acceptors (Lipinski definition) is 7. The summed E-state index contributed by atoms with van der Waals surface area (Å²) in [7, 11) is 0. The smallest absolute Gasteiger partial charge is 0.256 e. The van der Waals surface area contributed by atoms with E-state index in [0.29, 0.717) is 0 Å². The van der Waals surface area contributed by atoms with Gasteiger partial charge in [-0.3, -0.25) is 8.61 Å². The minimum atomic E-state index is -0.0650. The fourth-order valence-corrected chi connectivity index (χ4v) is 13.9. The molecule has 0 spiro atoms. The highest BCUT2D eigenvalue weighted by molar-refractivity contribution is 8.00. The molecule has 0 atom stereocenters. The summed E-state index contributed by atoms with van der Waals surface area (Å²) in [4.78, 5) is 0. The lowest BCUT2D eigenvalue weighted by atomic mass is 9.29. The third-order valence-corrected chi connectivity index (χ3v) is 16.3. The zero-order valence-corrected chi connectivity index (χ0v) is 37.5. The van der Waals surface area contributed by atoms with Gasteiger partial charge in [0.15, 0.2) is 0 Å². The minimum absolute atomic E-state index is 0.00416. The third-order valence-electron chi connectivity index (χ3n) is 14.8. The van der Waals surface area contributed by atoms with Gasteiger partial charge < -0.3 is 19.4 Å². The van der Waals surface area contributed by atoms with Crippen LogP contribution < -0.4 is 72.6 Å². The van der Waals surface area contributed by atoms with Gasteiger partial charge in [0.05, 0.1) is 22.6 Å². The number of nitrogens with zero attached hydrogens (tertiary/aromatic N) is 3. The lowest BCUT2D eigenvalue weighted by Crippen LogP contribution is -2.65. The van der Waals surface area contributed by atoms with Crippen molar-refractivity contribution in [1.29, 1.82) is 0 Å². The molecule has 302 valence electrons. The molecule has 0 amide bonds. The highest BCUT2D eigenvalue weighted by Gasteiger charge is 2.48. The maximum atomic E-state index is 7.19. The number of hydrogen-bond donors (Lipinski definition) is 1. The van der Waals surface area contributed by atoms with Crippen molar-refractivity contribution in [3.63, 3.8) is 0 Å². The second-order valence-corrected chi connectivity index (χ2v) is 19.8. The monoisotopic (exact) mass is 858 g/mol. The predicted molar refractivity (Wildman–Crippen MR) is 276 cm³/mol. The zero-order chi connectivity index (χ0) is 42.4. The van der Waals surface area contributed by atoms with E-state index in [-0.39, 0.29) is 20.1 Å². The second-order valence-electron chi connectivity index (χ2n) is 18.3. The number of para-hydroxylation sites is 3. The van der Waals surface area contributed by atoms with E-state index in [9.17, 15) is 0 Å². The Morgan fingerprint density at radius 3 is 1.80 bits per heavy atom. The number of anilines is 6. The Labute approximate surface area is 381 Å². The summed E-state index contributed by atoms with van der Waals surface area (Å²) in [5, 5.41) is 6.64. The van der Waals surface area contributed by atoms with Crippen LogP contribution in [-0.4, -0.2) is 37.2 Å². The predicted octanol–water partition coefficient (Wildman–Crippen LogP) is 7.30. The van der Waals surface area contributed by atoms with Crippen LogP contribution in [0.1, 0.15) is 16.7 Å². The number of aryl methyl sites for hydroxylation is 3. The molecule has 0 bridgehead atoms. The SMILES string of the molecule is CSN1c2cc3c(cc2B2c4cc5c(cc4Oc4cc(C)cc1c42)N(SC)c1cc(C)cc2c1B5c1ccccc1O2)B1c2c(cc(C)cc2-n2c4ccccc4c4cccc1c42)N3. The first-order valence-electron chi connectivity index (χ1n) is 22.1. The topological polar surface area (TPSA) is 41.9 Å². The van der Waals surface area contributed by atoms with Crippen molar-refractivity contribution in [2.45, 2.75) is 20.8 Å². The Morgan fingerprint density at radius 1 is 0.438 bits per heavy atom. The second kappa shape index (κ2) is 12.4. The number of aromatic nitrogens is 1. The molecule has 1 aromatic heterocycles. The van der Waals surface area contributed by atoms with E-state index in [1.807, 2.05) is 0 Å². The van der Waals surface area contributed by atoms with Gasteiger partial charge in [0.2, 0.25) is 0 Å². The van der Waals surface area contributed by atoms with Crippen molar-refractivity contribution in [2.24, 2.45) is 0 Å². The molecule has 64 heavy (non-hydrogen) atoms. The Morgan fingerprint density at radius 2 is 1.03 bits per heavy atom. The Kier molecular flexibility index (Phi) is 6.93. The Bertz CT molecular complexity index is 3680. The van der Waals surface area contributed by atoms with Crippen LogP contribution in [0.2, 0.25) is 0 Å². The molecule has 1 N–H and O–H groups in total. The van der Waals surface area contributed by atoms with Crippen LogP contribution in [0.4, 0.5) is 34.1 Å². The molecule has 6 aliphatic rings. The molecule has 6 nitrogen and oxygen atoms in total. The van der Waals surface area contributed by atoms with Gasteiger partial charge in [-0.15, -0.1) is 0 Å². The first-order chi connectivity index (χ1) is 31.4. The quantitative estimate of drug-likeness (QED) is 0.145. The first kappa shape index (κ1) is 35.9. The van der Waals surface area contributed by atoms with Gasteiger partial charge in [0.25, 0.3) is 20.1 Å². The average molecular weight is 858 g/mol. The number of benzene rings is 8. The summed E-state index contributed by atoms with van der Waals surface area (Å²) in [5.74, 6) is 3.71. The first-order valence-corrected chi connectivity index (χ1v) is 24.4. The molecule has 0 unspecified atom stereocenters. The Balaban J connectivity index is 1.01. The van der Waals surface area contributed by atoms with E-state index in [0.717, 1.165) is 34.4 Å². The van der Waals surface area contributed by atoms with Gasteiger partial charge in [-0.2, -0.15) is 0 Å². The van der Waals surface area contributed by atoms with Crippen molar-refractivity contribution in [1.82, 2.24) is 4.57 Å². The molecule has 0 saturated carbocycles. The van der Waals surface area contributed by atoms with E-state index >= 15 is 0 Å². The fraction of sp³-hybridized carbons (Fsp3) is 0.0943. The highest BCUT2D eigenvalue weighted by Crippen LogP contribution is 2.45. The molecule has 0 saturated heterocycles. The minimum Gasteiger partial charge on any atom is -0.458 e. The number of rotatable bonds is 2. The van der Waals surface area contributed by atoms with Gasteiger partial charge in [0.1, 0.15) is 23.0 Å². The normalized spacial score (nSPS) is 14.7. The molecular formula is C53H37B3N4O2S2. The van der Waals surface area contributed by atoms with Crippen molar-refractivity contribution < 1.29 is 9.47 Å². The molecule has 8 aromatic carbocycles. The van der Waals surface area contributed by atoms with Crippen LogP contribution in [0.15, 0.2) is 127 Å². The lowest BCUT2D eigenvalue weighted by Gasteiger charge is -2.43. The maximum absolute atomic E-state index is 7.19. The lowest BCUT2D eigenvalue weighted by molar-refractivity contribution is 0.487. The van der Waals surface area contributed by atoms with Gasteiger partial charge in [-0.25, -0.2) is 0 Å². The summed E-state index contributed by atoms with van der Waals surface area (Å²) in [6.45, 7) is 6.56. The van der Waals surface area contributed by atoms with Crippen LogP contribution in [0, 0.1) is 20.8 Å². The third kappa shape index (κ3) is 4.39. The standard InChI is InChI=1S/C53H37B3N4O2S2/c1-27-17-39-50-43(18-27)58-40-15-8-6-11-30(40)31-12-10-14-33(53(31)58)55(50)34-23-35-41(25-38(34)57-39)59(63-4)45-20-29(3)22-49-52(45)56(35)37-24-36-42(26-47(37)62-49)60(64-5)44-19-28(2)21-48-51(44)54(36)32-13-7-9-16-46(32)61-48/h6-26,57H,1-5H3. The number of nitrogens with one attached hydrogen (secondary N) is 1. The van der Waals surface area contributed by atoms with Crippen LogP contribution in [0.5, 0.6) is 23.0 Å². The molecule has 15 rings (SSSR count). The molecule has 9 aromatic rings. The fourth-order valence-electron chi connectivity index (χ4n) is 12.5. The summed E-state index contributed by atoms with van der Waals surface area (Å²) in [5.41, 5.74) is 26.0. The number of ether oxygens (including phenoxy) is 2. The van der Waals surface area contributed by atoms with E-state index in [4.69, 9.17) is 9.47 Å². The molecule has 7 heterocycles. The van der Waals surface area contributed by atoms with Gasteiger partial charge >= 0.3 is 0 Å². The van der Waals surface area contributed by atoms with E-state index < -0.39 is 0 Å². The maximum Gasteiger partial charge on any atom is 0.256 e. The number of fused-ring (bicyclic) bond motifs is 15. The summed E-state index contributed by atoms with van der Waals surface area (Å²) >= 11 is 3.50. The van der Waals surface area contributed by atoms with E-state index in [1.54, 1.807) is 23.9 Å². The zero-order valence-electron chi connectivity index (χ0n) is 35.8. The van der Waals surface area contributed by atoms with E-state index in [1.165, 1.54) is 116 Å². The van der Waals surface area contributed by atoms with Crippen LogP contribution in [0.3, 0.4) is 0 Å². The molecule has 6 aliphatic heterocycles. The van der Waals surface area contributed by atoms with Gasteiger partial charge in [-0.05, 0) is 165 Å². The van der Waals surface area contributed by atoms with Gasteiger partial charge in [0, 0.05) is 57.6 Å². The van der Waals surface area contributed by atoms with Crippen LogP contribution in [-0.2, 0) is 0 Å². The largest absolute Gasteiger partial charge is 0.458 e. The van der Waals surface area contributed by atoms with Crippen molar-refractivity contribution >= 4 is 149 Å². The molecule has 0 aliphatic carbocycles. The summed E-state index contributed by atoms with van der Waals surface area (Å²) in [6.07, 6.45) is 4.37. The van der Waals surface area contributed by atoms with Crippen molar-refractivity contribution in [3.05, 3.63) is 144 Å².